The fraction of sp³-hybridized carbons (Fsp3) is 0.533. The molecular weight excluding hydrogens is 300 g/mol. The summed E-state index contributed by atoms with van der Waals surface area (Å²) in [5.74, 6) is 0.249. The number of carbonyl (C=O) groups is 1. The highest BCUT2D eigenvalue weighted by Crippen LogP contribution is 2.11. The predicted octanol–water partition coefficient (Wildman–Crippen LogP) is 1.20. The molecule has 0 unspecified atom stereocenters. The standard InChI is InChI=1S/C15H20N4O2S/c1-2-3-13(20)18-6-4-17(5-7-18)11-12-10-14(21)19-8-9-22-15(19)16-12/h8-10H,2-7,11H2,1H3. The Hall–Kier alpha value is -1.73. The van der Waals surface area contributed by atoms with Gasteiger partial charge in [0.25, 0.3) is 5.56 Å². The minimum Gasteiger partial charge on any atom is -0.340 e. The molecule has 0 aromatic carbocycles. The Labute approximate surface area is 133 Å². The minimum atomic E-state index is -0.0296. The second-order valence-corrected chi connectivity index (χ2v) is 6.42. The van der Waals surface area contributed by atoms with Gasteiger partial charge in [0, 0.05) is 56.8 Å². The molecule has 118 valence electrons. The zero-order valence-corrected chi connectivity index (χ0v) is 13.5. The third kappa shape index (κ3) is 3.20. The van der Waals surface area contributed by atoms with Crippen LogP contribution in [0.25, 0.3) is 4.96 Å². The van der Waals surface area contributed by atoms with Crippen LogP contribution in [0, 0.1) is 0 Å². The van der Waals surface area contributed by atoms with Crippen molar-refractivity contribution in [2.24, 2.45) is 0 Å². The highest BCUT2D eigenvalue weighted by Gasteiger charge is 2.20. The molecule has 1 fully saturated rings. The van der Waals surface area contributed by atoms with Crippen molar-refractivity contribution in [3.8, 4) is 0 Å². The van der Waals surface area contributed by atoms with E-state index >= 15 is 0 Å². The van der Waals surface area contributed by atoms with Crippen LogP contribution in [0.15, 0.2) is 22.4 Å². The van der Waals surface area contributed by atoms with Gasteiger partial charge in [-0.3, -0.25) is 18.9 Å². The number of amides is 1. The average molecular weight is 320 g/mol. The molecular formula is C15H20N4O2S. The smallest absolute Gasteiger partial charge is 0.258 e. The SMILES string of the molecule is CCCC(=O)N1CCN(Cc2cc(=O)n3ccsc3n2)CC1. The number of rotatable bonds is 4. The zero-order valence-electron chi connectivity index (χ0n) is 12.7. The van der Waals surface area contributed by atoms with Crippen molar-refractivity contribution in [3.63, 3.8) is 0 Å². The van der Waals surface area contributed by atoms with Gasteiger partial charge in [0.1, 0.15) is 0 Å². The first-order valence-corrected chi connectivity index (χ1v) is 8.51. The summed E-state index contributed by atoms with van der Waals surface area (Å²) in [6.07, 6.45) is 3.28. The van der Waals surface area contributed by atoms with E-state index < -0.39 is 0 Å². The number of thiazole rings is 1. The van der Waals surface area contributed by atoms with Gasteiger partial charge < -0.3 is 4.90 Å². The first kappa shape index (κ1) is 15.2. The van der Waals surface area contributed by atoms with Crippen LogP contribution in [0.3, 0.4) is 0 Å². The van der Waals surface area contributed by atoms with Gasteiger partial charge >= 0.3 is 0 Å². The van der Waals surface area contributed by atoms with Crippen molar-refractivity contribution >= 4 is 22.2 Å². The molecule has 0 bridgehead atoms. The third-order valence-corrected chi connectivity index (χ3v) is 4.69. The van der Waals surface area contributed by atoms with Gasteiger partial charge in [0.05, 0.1) is 5.69 Å². The Balaban J connectivity index is 1.62. The molecule has 0 atom stereocenters. The molecule has 0 spiro atoms. The Morgan fingerprint density at radius 3 is 2.82 bits per heavy atom. The summed E-state index contributed by atoms with van der Waals surface area (Å²) >= 11 is 1.47. The molecule has 0 radical (unpaired) electrons. The topological polar surface area (TPSA) is 57.9 Å². The number of nitrogens with zero attached hydrogens (tertiary/aromatic N) is 4. The lowest BCUT2D eigenvalue weighted by Gasteiger charge is -2.34. The Kier molecular flexibility index (Phi) is 4.54. The summed E-state index contributed by atoms with van der Waals surface area (Å²) in [7, 11) is 0. The van der Waals surface area contributed by atoms with E-state index in [9.17, 15) is 9.59 Å². The molecule has 2 aromatic heterocycles. The van der Waals surface area contributed by atoms with Crippen molar-refractivity contribution in [1.82, 2.24) is 19.2 Å². The Bertz CT molecular complexity index is 716. The van der Waals surface area contributed by atoms with Crippen LogP contribution in [0.5, 0.6) is 0 Å². The monoisotopic (exact) mass is 320 g/mol. The van der Waals surface area contributed by atoms with E-state index in [-0.39, 0.29) is 11.5 Å². The fourth-order valence-electron chi connectivity index (χ4n) is 2.73. The molecule has 6 nitrogen and oxygen atoms in total. The van der Waals surface area contributed by atoms with Gasteiger partial charge in [-0.1, -0.05) is 6.92 Å². The highest BCUT2D eigenvalue weighted by molar-refractivity contribution is 7.15. The van der Waals surface area contributed by atoms with E-state index in [4.69, 9.17) is 0 Å². The number of piperazine rings is 1. The number of hydrogen-bond donors (Lipinski definition) is 0. The largest absolute Gasteiger partial charge is 0.340 e. The van der Waals surface area contributed by atoms with Crippen molar-refractivity contribution in [3.05, 3.63) is 33.7 Å². The Morgan fingerprint density at radius 2 is 2.09 bits per heavy atom. The second kappa shape index (κ2) is 6.58. The van der Waals surface area contributed by atoms with Crippen LogP contribution in [0.4, 0.5) is 0 Å². The zero-order chi connectivity index (χ0) is 15.5. The van der Waals surface area contributed by atoms with E-state index in [2.05, 4.69) is 9.88 Å². The van der Waals surface area contributed by atoms with E-state index in [1.54, 1.807) is 16.7 Å². The number of fused-ring (bicyclic) bond motifs is 1. The van der Waals surface area contributed by atoms with Gasteiger partial charge in [0.2, 0.25) is 5.91 Å². The van der Waals surface area contributed by atoms with Gasteiger partial charge in [-0.25, -0.2) is 4.98 Å². The second-order valence-electron chi connectivity index (χ2n) is 5.55. The molecule has 7 heteroatoms. The highest BCUT2D eigenvalue weighted by atomic mass is 32.1. The van der Waals surface area contributed by atoms with Crippen LogP contribution in [-0.2, 0) is 11.3 Å². The molecule has 0 aliphatic carbocycles. The van der Waals surface area contributed by atoms with Gasteiger partial charge in [-0.2, -0.15) is 0 Å². The molecule has 1 amide bonds. The number of aromatic nitrogens is 2. The van der Waals surface area contributed by atoms with Gasteiger partial charge in [0.15, 0.2) is 4.96 Å². The van der Waals surface area contributed by atoms with Crippen LogP contribution in [-0.4, -0.2) is 51.3 Å². The maximum Gasteiger partial charge on any atom is 0.258 e. The maximum atomic E-state index is 12.0. The molecule has 1 aliphatic rings. The number of hydrogen-bond acceptors (Lipinski definition) is 5. The third-order valence-electron chi connectivity index (χ3n) is 3.93. The molecule has 3 heterocycles. The predicted molar refractivity (Wildman–Crippen MR) is 86.1 cm³/mol. The molecule has 1 aliphatic heterocycles. The molecule has 22 heavy (non-hydrogen) atoms. The summed E-state index contributed by atoms with van der Waals surface area (Å²) in [5.41, 5.74) is 0.777. The first-order valence-electron chi connectivity index (χ1n) is 7.63. The first-order chi connectivity index (χ1) is 10.7. The van der Waals surface area contributed by atoms with Crippen LogP contribution in [0.2, 0.25) is 0 Å². The van der Waals surface area contributed by atoms with E-state index in [0.717, 1.165) is 43.3 Å². The maximum absolute atomic E-state index is 12.0. The van der Waals surface area contributed by atoms with Crippen molar-refractivity contribution in [2.45, 2.75) is 26.3 Å². The van der Waals surface area contributed by atoms with Crippen molar-refractivity contribution in [1.29, 1.82) is 0 Å². The van der Waals surface area contributed by atoms with Crippen LogP contribution < -0.4 is 5.56 Å². The molecule has 2 aromatic rings. The van der Waals surface area contributed by atoms with Crippen LogP contribution >= 0.6 is 11.3 Å². The van der Waals surface area contributed by atoms with Gasteiger partial charge in [-0.15, -0.1) is 11.3 Å². The lowest BCUT2D eigenvalue weighted by atomic mass is 10.2. The molecule has 0 N–H and O–H groups in total. The molecule has 1 saturated heterocycles. The fourth-order valence-corrected chi connectivity index (χ4v) is 3.46. The summed E-state index contributed by atoms with van der Waals surface area (Å²) in [4.78, 5) is 33.3. The van der Waals surface area contributed by atoms with E-state index in [1.165, 1.54) is 11.3 Å². The Morgan fingerprint density at radius 1 is 1.32 bits per heavy atom. The normalized spacial score (nSPS) is 16.3. The lowest BCUT2D eigenvalue weighted by molar-refractivity contribution is -0.133. The van der Waals surface area contributed by atoms with E-state index in [1.807, 2.05) is 17.2 Å². The van der Waals surface area contributed by atoms with Crippen LogP contribution in [0.1, 0.15) is 25.5 Å². The van der Waals surface area contributed by atoms with E-state index in [0.29, 0.717) is 13.0 Å². The minimum absolute atomic E-state index is 0.0296. The molecule has 3 rings (SSSR count). The lowest BCUT2D eigenvalue weighted by Crippen LogP contribution is -2.48. The quantitative estimate of drug-likeness (QED) is 0.849. The summed E-state index contributed by atoms with van der Waals surface area (Å²) in [6, 6.07) is 1.61. The average Bonchev–Trinajstić information content (AvgIpc) is 2.97. The van der Waals surface area contributed by atoms with Crippen molar-refractivity contribution < 1.29 is 4.79 Å². The summed E-state index contributed by atoms with van der Waals surface area (Å²) in [6.45, 7) is 5.89. The molecule has 0 saturated carbocycles. The summed E-state index contributed by atoms with van der Waals surface area (Å²) < 4.78 is 1.57. The van der Waals surface area contributed by atoms with Crippen molar-refractivity contribution in [2.75, 3.05) is 26.2 Å². The number of carbonyl (C=O) groups excluding carboxylic acids is 1. The summed E-state index contributed by atoms with van der Waals surface area (Å²) in [5, 5.41) is 1.87. The van der Waals surface area contributed by atoms with Gasteiger partial charge in [-0.05, 0) is 6.42 Å².